The van der Waals surface area contributed by atoms with Crippen molar-refractivity contribution in [1.82, 2.24) is 5.32 Å². The van der Waals surface area contributed by atoms with Crippen LogP contribution in [0.15, 0.2) is 28.7 Å². The molecule has 18 heavy (non-hydrogen) atoms. The number of benzene rings is 1. The van der Waals surface area contributed by atoms with Crippen LogP contribution in [0.2, 0.25) is 0 Å². The Morgan fingerprint density at radius 3 is 2.50 bits per heavy atom. The molecule has 0 saturated carbocycles. The zero-order valence-corrected chi connectivity index (χ0v) is 12.0. The van der Waals surface area contributed by atoms with Gasteiger partial charge in [0.15, 0.2) is 0 Å². The van der Waals surface area contributed by atoms with Crippen molar-refractivity contribution < 1.29 is 14.3 Å². The highest BCUT2D eigenvalue weighted by Crippen LogP contribution is 2.16. The van der Waals surface area contributed by atoms with Crippen LogP contribution in [0.5, 0.6) is 0 Å². The largest absolute Gasteiger partial charge is 0.466 e. The zero-order chi connectivity index (χ0) is 13.5. The summed E-state index contributed by atoms with van der Waals surface area (Å²) in [6.45, 7) is 3.86. The van der Waals surface area contributed by atoms with E-state index < -0.39 is 5.97 Å². The lowest BCUT2D eigenvalue weighted by Gasteiger charge is -2.14. The minimum absolute atomic E-state index is 0.139. The van der Waals surface area contributed by atoms with E-state index in [1.165, 1.54) is 0 Å². The molecule has 0 spiro atoms. The van der Waals surface area contributed by atoms with Crippen LogP contribution < -0.4 is 5.32 Å². The van der Waals surface area contributed by atoms with Crippen LogP contribution in [0.1, 0.15) is 31.9 Å². The minimum atomic E-state index is -0.502. The SMILES string of the molecule is CCOC(=O)CC(=O)N[C@H](C)c1ccc(Br)cc1. The Balaban J connectivity index is 2.49. The maximum Gasteiger partial charge on any atom is 0.315 e. The molecule has 0 unspecified atom stereocenters. The summed E-state index contributed by atoms with van der Waals surface area (Å²) in [5.41, 5.74) is 0.982. The van der Waals surface area contributed by atoms with Crippen molar-refractivity contribution in [3.05, 3.63) is 34.3 Å². The number of halogens is 1. The summed E-state index contributed by atoms with van der Waals surface area (Å²) in [5.74, 6) is -0.832. The summed E-state index contributed by atoms with van der Waals surface area (Å²) in [6.07, 6.45) is -0.241. The topological polar surface area (TPSA) is 55.4 Å². The molecule has 1 aromatic rings. The van der Waals surface area contributed by atoms with Crippen molar-refractivity contribution in [2.75, 3.05) is 6.61 Å². The highest BCUT2D eigenvalue weighted by molar-refractivity contribution is 9.10. The molecule has 0 aliphatic rings. The number of carbonyl (C=O) groups is 2. The van der Waals surface area contributed by atoms with E-state index in [9.17, 15) is 9.59 Å². The Bertz CT molecular complexity index is 417. The molecule has 0 fully saturated rings. The van der Waals surface area contributed by atoms with Gasteiger partial charge in [-0.15, -0.1) is 0 Å². The molecule has 1 amide bonds. The van der Waals surface area contributed by atoms with Crippen LogP contribution in [0, 0.1) is 0 Å². The fourth-order valence-corrected chi connectivity index (χ4v) is 1.73. The molecule has 0 aliphatic heterocycles. The average molecular weight is 314 g/mol. The highest BCUT2D eigenvalue weighted by Gasteiger charge is 2.13. The van der Waals surface area contributed by atoms with Gasteiger partial charge in [-0.25, -0.2) is 0 Å². The highest BCUT2D eigenvalue weighted by atomic mass is 79.9. The van der Waals surface area contributed by atoms with Crippen molar-refractivity contribution in [3.8, 4) is 0 Å². The Hall–Kier alpha value is -1.36. The molecule has 1 atom stereocenters. The zero-order valence-electron chi connectivity index (χ0n) is 10.4. The number of esters is 1. The van der Waals surface area contributed by atoms with E-state index >= 15 is 0 Å². The molecule has 0 radical (unpaired) electrons. The smallest absolute Gasteiger partial charge is 0.315 e. The van der Waals surface area contributed by atoms with Crippen LogP contribution in [0.3, 0.4) is 0 Å². The van der Waals surface area contributed by atoms with Gasteiger partial charge in [0.2, 0.25) is 5.91 Å². The molecular formula is C13H16BrNO3. The summed E-state index contributed by atoms with van der Waals surface area (Å²) in [6, 6.07) is 7.51. The summed E-state index contributed by atoms with van der Waals surface area (Å²) in [7, 11) is 0. The van der Waals surface area contributed by atoms with Gasteiger partial charge in [-0.05, 0) is 31.5 Å². The Morgan fingerprint density at radius 2 is 1.94 bits per heavy atom. The first-order chi connectivity index (χ1) is 8.52. The van der Waals surface area contributed by atoms with Gasteiger partial charge < -0.3 is 10.1 Å². The monoisotopic (exact) mass is 313 g/mol. The number of nitrogens with one attached hydrogen (secondary N) is 1. The molecule has 4 nitrogen and oxygen atoms in total. The number of ether oxygens (including phenoxy) is 1. The maximum absolute atomic E-state index is 11.6. The molecule has 0 heterocycles. The summed E-state index contributed by atoms with van der Waals surface area (Å²) in [4.78, 5) is 22.7. The third kappa shape index (κ3) is 4.87. The van der Waals surface area contributed by atoms with Gasteiger partial charge in [0.25, 0.3) is 0 Å². The average Bonchev–Trinajstić information content (AvgIpc) is 2.29. The van der Waals surface area contributed by atoms with E-state index in [4.69, 9.17) is 4.74 Å². The minimum Gasteiger partial charge on any atom is -0.466 e. The van der Waals surface area contributed by atoms with Crippen LogP contribution in [0.4, 0.5) is 0 Å². The van der Waals surface area contributed by atoms with Gasteiger partial charge in [-0.1, -0.05) is 28.1 Å². The number of rotatable bonds is 5. The van der Waals surface area contributed by atoms with E-state index in [1.807, 2.05) is 31.2 Å². The number of hydrogen-bond donors (Lipinski definition) is 1. The van der Waals surface area contributed by atoms with E-state index in [2.05, 4.69) is 21.2 Å². The van der Waals surface area contributed by atoms with Crippen molar-refractivity contribution >= 4 is 27.8 Å². The Morgan fingerprint density at radius 1 is 1.33 bits per heavy atom. The van der Waals surface area contributed by atoms with E-state index in [-0.39, 0.29) is 25.0 Å². The maximum atomic E-state index is 11.6. The van der Waals surface area contributed by atoms with Crippen LogP contribution in [-0.2, 0) is 14.3 Å². The van der Waals surface area contributed by atoms with Gasteiger partial charge in [0.05, 0.1) is 12.6 Å². The van der Waals surface area contributed by atoms with Crippen molar-refractivity contribution in [2.24, 2.45) is 0 Å². The van der Waals surface area contributed by atoms with Gasteiger partial charge in [0, 0.05) is 4.47 Å². The Labute approximate surface area is 115 Å². The van der Waals surface area contributed by atoms with Crippen LogP contribution in [-0.4, -0.2) is 18.5 Å². The van der Waals surface area contributed by atoms with Gasteiger partial charge in [-0.3, -0.25) is 9.59 Å². The predicted molar refractivity (Wildman–Crippen MR) is 71.9 cm³/mol. The standard InChI is InChI=1S/C13H16BrNO3/c1-3-18-13(17)8-12(16)15-9(2)10-4-6-11(14)7-5-10/h4-7,9H,3,8H2,1-2H3,(H,15,16)/t9-/m1/s1. The third-order valence-corrected chi connectivity index (χ3v) is 2.89. The molecule has 98 valence electrons. The van der Waals surface area contributed by atoms with Crippen molar-refractivity contribution in [1.29, 1.82) is 0 Å². The quantitative estimate of drug-likeness (QED) is 0.671. The van der Waals surface area contributed by atoms with Crippen LogP contribution >= 0.6 is 15.9 Å². The number of hydrogen-bond acceptors (Lipinski definition) is 3. The second-order valence-electron chi connectivity index (χ2n) is 3.82. The van der Waals surface area contributed by atoms with E-state index in [1.54, 1.807) is 6.92 Å². The molecule has 1 N–H and O–H groups in total. The van der Waals surface area contributed by atoms with Crippen LogP contribution in [0.25, 0.3) is 0 Å². The normalized spacial score (nSPS) is 11.7. The lowest BCUT2D eigenvalue weighted by atomic mass is 10.1. The summed E-state index contributed by atoms with van der Waals surface area (Å²) in [5, 5.41) is 2.75. The first kappa shape index (κ1) is 14.7. The van der Waals surface area contributed by atoms with Gasteiger partial charge in [0.1, 0.15) is 6.42 Å². The molecule has 1 rings (SSSR count). The van der Waals surface area contributed by atoms with Gasteiger partial charge in [-0.2, -0.15) is 0 Å². The third-order valence-electron chi connectivity index (χ3n) is 2.36. The summed E-state index contributed by atoms with van der Waals surface area (Å²) >= 11 is 3.35. The molecule has 1 aromatic carbocycles. The molecule has 0 aromatic heterocycles. The fraction of sp³-hybridized carbons (Fsp3) is 0.385. The first-order valence-corrected chi connectivity index (χ1v) is 6.52. The lowest BCUT2D eigenvalue weighted by Crippen LogP contribution is -2.29. The first-order valence-electron chi connectivity index (χ1n) is 5.73. The number of carbonyl (C=O) groups excluding carboxylic acids is 2. The van der Waals surface area contributed by atoms with E-state index in [0.29, 0.717) is 0 Å². The molecular weight excluding hydrogens is 298 g/mol. The Kier molecular flexibility index (Phi) is 5.85. The van der Waals surface area contributed by atoms with Crippen molar-refractivity contribution in [2.45, 2.75) is 26.3 Å². The lowest BCUT2D eigenvalue weighted by molar-refractivity contribution is -0.146. The number of amides is 1. The van der Waals surface area contributed by atoms with Crippen molar-refractivity contribution in [3.63, 3.8) is 0 Å². The predicted octanol–water partition coefficient (Wildman–Crippen LogP) is 2.58. The van der Waals surface area contributed by atoms with Gasteiger partial charge >= 0.3 is 5.97 Å². The second kappa shape index (κ2) is 7.16. The fourth-order valence-electron chi connectivity index (χ4n) is 1.47. The second-order valence-corrected chi connectivity index (χ2v) is 4.74. The van der Waals surface area contributed by atoms with E-state index in [0.717, 1.165) is 10.0 Å². The summed E-state index contributed by atoms with van der Waals surface area (Å²) < 4.78 is 5.69. The molecule has 0 aliphatic carbocycles. The molecule has 5 heteroatoms. The molecule has 0 saturated heterocycles. The molecule has 0 bridgehead atoms.